The molecular formula is C36H64O5. The van der Waals surface area contributed by atoms with Crippen molar-refractivity contribution in [3.05, 3.63) is 12.5 Å². The predicted octanol–water partition coefficient (Wildman–Crippen LogP) is 11.8. The van der Waals surface area contributed by atoms with Gasteiger partial charge in [0.05, 0.1) is 11.8 Å². The van der Waals surface area contributed by atoms with Crippen LogP contribution in [0.15, 0.2) is 16.9 Å². The van der Waals surface area contributed by atoms with Crippen LogP contribution in [0.2, 0.25) is 0 Å². The van der Waals surface area contributed by atoms with Crippen LogP contribution in [-0.2, 0) is 9.59 Å². The standard InChI is InChI=1S/C36H64O5/c1-5-9-13-17-19-23-27-31(25-21-15-11-7-3)35(37)40-33-29-39-30-34(33)41-36(38)32(26-22-16-12-8-4)28-24-20-18-14-10-6-2/h29-32H,5-28H2,1-4H3. The van der Waals surface area contributed by atoms with Gasteiger partial charge < -0.3 is 13.9 Å². The number of carbonyl (C=O) groups excluding carboxylic acids is 2. The molecule has 1 aromatic heterocycles. The fourth-order valence-electron chi connectivity index (χ4n) is 5.54. The van der Waals surface area contributed by atoms with Crippen LogP contribution in [0, 0.1) is 11.8 Å². The smallest absolute Gasteiger partial charge is 0.314 e. The average Bonchev–Trinajstić information content (AvgIpc) is 3.40. The van der Waals surface area contributed by atoms with Crippen molar-refractivity contribution in [2.24, 2.45) is 11.8 Å². The molecule has 1 rings (SSSR count). The Labute approximate surface area is 252 Å². The summed E-state index contributed by atoms with van der Waals surface area (Å²) in [7, 11) is 0. The van der Waals surface area contributed by atoms with Crippen LogP contribution in [0.25, 0.3) is 0 Å². The maximum atomic E-state index is 13.3. The summed E-state index contributed by atoms with van der Waals surface area (Å²) < 4.78 is 17.0. The zero-order valence-corrected chi connectivity index (χ0v) is 27.3. The van der Waals surface area contributed by atoms with E-state index in [1.165, 1.54) is 89.6 Å². The Morgan fingerprint density at radius 3 is 1.07 bits per heavy atom. The minimum Gasteiger partial charge on any atom is -0.465 e. The van der Waals surface area contributed by atoms with Gasteiger partial charge in [-0.3, -0.25) is 9.59 Å². The first kappa shape index (κ1) is 37.2. The van der Waals surface area contributed by atoms with Crippen molar-refractivity contribution in [3.63, 3.8) is 0 Å². The largest absolute Gasteiger partial charge is 0.465 e. The molecule has 5 heteroatoms. The minimum absolute atomic E-state index is 0.129. The molecule has 0 radical (unpaired) electrons. The summed E-state index contributed by atoms with van der Waals surface area (Å²) in [5.74, 6) is -0.247. The molecule has 0 aliphatic carbocycles. The molecule has 0 amide bonds. The van der Waals surface area contributed by atoms with E-state index in [9.17, 15) is 9.59 Å². The molecule has 0 spiro atoms. The Morgan fingerprint density at radius 2 is 0.756 bits per heavy atom. The third kappa shape index (κ3) is 18.4. The van der Waals surface area contributed by atoms with E-state index in [4.69, 9.17) is 13.9 Å². The summed E-state index contributed by atoms with van der Waals surface area (Å²) in [4.78, 5) is 26.5. The molecular weight excluding hydrogens is 512 g/mol. The van der Waals surface area contributed by atoms with E-state index in [0.29, 0.717) is 0 Å². The van der Waals surface area contributed by atoms with Gasteiger partial charge in [0.1, 0.15) is 12.5 Å². The Kier molecular flexibility index (Phi) is 23.5. The predicted molar refractivity (Wildman–Crippen MR) is 170 cm³/mol. The van der Waals surface area contributed by atoms with Gasteiger partial charge in [0.25, 0.3) is 0 Å². The average molecular weight is 577 g/mol. The maximum absolute atomic E-state index is 13.3. The molecule has 0 fully saturated rings. The molecule has 0 aliphatic heterocycles. The highest BCUT2D eigenvalue weighted by Crippen LogP contribution is 2.32. The van der Waals surface area contributed by atoms with Crippen LogP contribution in [0.3, 0.4) is 0 Å². The monoisotopic (exact) mass is 576 g/mol. The first-order valence-corrected chi connectivity index (χ1v) is 17.6. The van der Waals surface area contributed by atoms with E-state index in [0.717, 1.165) is 77.0 Å². The van der Waals surface area contributed by atoms with Crippen LogP contribution in [0.1, 0.15) is 182 Å². The summed E-state index contributed by atoms with van der Waals surface area (Å²) >= 11 is 0. The second kappa shape index (κ2) is 25.9. The molecule has 0 N–H and O–H groups in total. The number of unbranched alkanes of at least 4 members (excludes halogenated alkanes) is 16. The molecule has 0 aliphatic rings. The highest BCUT2D eigenvalue weighted by atomic mass is 16.6. The second-order valence-corrected chi connectivity index (χ2v) is 12.1. The molecule has 2 atom stereocenters. The molecule has 5 nitrogen and oxygen atoms in total. The highest BCUT2D eigenvalue weighted by Gasteiger charge is 2.26. The normalized spacial score (nSPS) is 12.8. The van der Waals surface area contributed by atoms with Gasteiger partial charge in [0.15, 0.2) is 0 Å². The molecule has 0 aromatic carbocycles. The minimum atomic E-state index is -0.225. The Hall–Kier alpha value is -1.78. The summed E-state index contributed by atoms with van der Waals surface area (Å²) in [5.41, 5.74) is 0. The quantitative estimate of drug-likeness (QED) is 0.0733. The lowest BCUT2D eigenvalue weighted by atomic mass is 9.94. The van der Waals surface area contributed by atoms with Gasteiger partial charge in [-0.15, -0.1) is 0 Å². The lowest BCUT2D eigenvalue weighted by molar-refractivity contribution is -0.142. The number of furan rings is 1. The van der Waals surface area contributed by atoms with E-state index in [2.05, 4.69) is 27.7 Å². The second-order valence-electron chi connectivity index (χ2n) is 12.1. The summed E-state index contributed by atoms with van der Waals surface area (Å²) in [6.07, 6.45) is 29.7. The molecule has 0 bridgehead atoms. The van der Waals surface area contributed by atoms with E-state index in [1.807, 2.05) is 0 Å². The molecule has 238 valence electrons. The van der Waals surface area contributed by atoms with E-state index in [1.54, 1.807) is 0 Å². The van der Waals surface area contributed by atoms with Gasteiger partial charge in [-0.1, -0.05) is 156 Å². The lowest BCUT2D eigenvalue weighted by Crippen LogP contribution is -2.23. The van der Waals surface area contributed by atoms with Gasteiger partial charge in [0, 0.05) is 0 Å². The van der Waals surface area contributed by atoms with Crippen LogP contribution in [-0.4, -0.2) is 11.9 Å². The maximum Gasteiger partial charge on any atom is 0.314 e. The van der Waals surface area contributed by atoms with Gasteiger partial charge in [-0.25, -0.2) is 0 Å². The number of esters is 2. The van der Waals surface area contributed by atoms with Crippen molar-refractivity contribution in [2.75, 3.05) is 0 Å². The molecule has 1 heterocycles. The van der Waals surface area contributed by atoms with Crippen molar-refractivity contribution in [1.29, 1.82) is 0 Å². The van der Waals surface area contributed by atoms with Crippen molar-refractivity contribution < 1.29 is 23.5 Å². The topological polar surface area (TPSA) is 65.7 Å². The van der Waals surface area contributed by atoms with Crippen molar-refractivity contribution >= 4 is 11.9 Å². The zero-order valence-electron chi connectivity index (χ0n) is 27.3. The molecule has 1 aromatic rings. The summed E-state index contributed by atoms with van der Waals surface area (Å²) in [5, 5.41) is 0. The van der Waals surface area contributed by atoms with Crippen molar-refractivity contribution in [3.8, 4) is 11.5 Å². The van der Waals surface area contributed by atoms with E-state index < -0.39 is 0 Å². The molecule has 0 saturated heterocycles. The Bertz CT molecular complexity index is 694. The van der Waals surface area contributed by atoms with Crippen LogP contribution >= 0.6 is 0 Å². The van der Waals surface area contributed by atoms with Crippen molar-refractivity contribution in [1.82, 2.24) is 0 Å². The van der Waals surface area contributed by atoms with Crippen LogP contribution in [0.4, 0.5) is 0 Å². The molecule has 2 unspecified atom stereocenters. The fraction of sp³-hybridized carbons (Fsp3) is 0.833. The van der Waals surface area contributed by atoms with Gasteiger partial charge in [-0.2, -0.15) is 0 Å². The van der Waals surface area contributed by atoms with E-state index in [-0.39, 0.29) is 35.3 Å². The fourth-order valence-corrected chi connectivity index (χ4v) is 5.54. The third-order valence-corrected chi connectivity index (χ3v) is 8.31. The third-order valence-electron chi connectivity index (χ3n) is 8.31. The first-order chi connectivity index (χ1) is 20.1. The number of carbonyl (C=O) groups is 2. The van der Waals surface area contributed by atoms with Crippen molar-refractivity contribution in [2.45, 2.75) is 182 Å². The first-order valence-electron chi connectivity index (χ1n) is 17.6. The van der Waals surface area contributed by atoms with Gasteiger partial charge in [-0.05, 0) is 25.7 Å². The number of hydrogen-bond donors (Lipinski definition) is 0. The van der Waals surface area contributed by atoms with Gasteiger partial charge in [0.2, 0.25) is 11.5 Å². The lowest BCUT2D eigenvalue weighted by Gasteiger charge is -2.17. The summed E-state index contributed by atoms with van der Waals surface area (Å²) in [6, 6.07) is 0. The highest BCUT2D eigenvalue weighted by molar-refractivity contribution is 5.78. The number of ether oxygens (including phenoxy) is 2. The van der Waals surface area contributed by atoms with Crippen LogP contribution in [0.5, 0.6) is 11.5 Å². The Morgan fingerprint density at radius 1 is 0.488 bits per heavy atom. The Balaban J connectivity index is 2.73. The SMILES string of the molecule is CCCCCCCCC(CCCCCC)C(=O)Oc1cocc1OC(=O)C(CCCCCC)CCCCCCCC. The zero-order chi connectivity index (χ0) is 30.0. The van der Waals surface area contributed by atoms with E-state index >= 15 is 0 Å². The van der Waals surface area contributed by atoms with Gasteiger partial charge >= 0.3 is 11.9 Å². The number of rotatable bonds is 28. The summed E-state index contributed by atoms with van der Waals surface area (Å²) in [6.45, 7) is 8.86. The number of hydrogen-bond acceptors (Lipinski definition) is 5. The molecule has 41 heavy (non-hydrogen) atoms. The van der Waals surface area contributed by atoms with Crippen LogP contribution < -0.4 is 9.47 Å². The molecule has 0 saturated carbocycles.